The first-order valence-corrected chi connectivity index (χ1v) is 9.51. The van der Waals surface area contributed by atoms with E-state index in [9.17, 15) is 9.59 Å². The fraction of sp³-hybridized carbons (Fsp3) is 0.421. The molecular formula is C19H22ClN5O2. The fourth-order valence-electron chi connectivity index (χ4n) is 3.75. The molecule has 7 nitrogen and oxygen atoms in total. The number of nitrogens with zero attached hydrogens (tertiary/aromatic N) is 5. The molecule has 0 unspecified atom stereocenters. The second-order valence-electron chi connectivity index (χ2n) is 7.02. The van der Waals surface area contributed by atoms with E-state index in [2.05, 4.69) is 9.88 Å². The number of benzene rings is 1. The quantitative estimate of drug-likeness (QED) is 0.690. The summed E-state index contributed by atoms with van der Waals surface area (Å²) in [4.78, 5) is 32.8. The highest BCUT2D eigenvalue weighted by Crippen LogP contribution is 2.22. The summed E-state index contributed by atoms with van der Waals surface area (Å²) in [5.41, 5.74) is 0.853. The van der Waals surface area contributed by atoms with Crippen molar-refractivity contribution in [3.05, 3.63) is 55.7 Å². The van der Waals surface area contributed by atoms with Crippen LogP contribution in [0.2, 0.25) is 5.02 Å². The smallest absolute Gasteiger partial charge is 0.332 e. The lowest BCUT2D eigenvalue weighted by atomic mass is 10.1. The van der Waals surface area contributed by atoms with Crippen LogP contribution in [0.25, 0.3) is 11.2 Å². The van der Waals surface area contributed by atoms with Crippen molar-refractivity contribution in [2.75, 3.05) is 18.0 Å². The highest BCUT2D eigenvalue weighted by molar-refractivity contribution is 6.31. The van der Waals surface area contributed by atoms with Gasteiger partial charge in [0.25, 0.3) is 5.56 Å². The number of aromatic nitrogens is 4. The van der Waals surface area contributed by atoms with Crippen LogP contribution in [0.1, 0.15) is 24.8 Å². The third-order valence-electron chi connectivity index (χ3n) is 5.26. The molecule has 1 saturated heterocycles. The van der Waals surface area contributed by atoms with Crippen molar-refractivity contribution in [3.63, 3.8) is 0 Å². The monoisotopic (exact) mass is 387 g/mol. The topological polar surface area (TPSA) is 65.1 Å². The van der Waals surface area contributed by atoms with E-state index in [-0.39, 0.29) is 12.1 Å². The largest absolute Gasteiger partial charge is 0.342 e. The molecule has 1 aromatic carbocycles. The van der Waals surface area contributed by atoms with Crippen molar-refractivity contribution in [2.45, 2.75) is 25.8 Å². The Morgan fingerprint density at radius 1 is 1.04 bits per heavy atom. The first-order chi connectivity index (χ1) is 13.0. The van der Waals surface area contributed by atoms with Gasteiger partial charge < -0.3 is 9.47 Å². The standard InChI is InChI=1S/C19H22ClN5O2/c1-22-15-16(21-18(22)24-10-6-3-7-11-24)23(2)19(27)25(17(15)26)12-13-8-4-5-9-14(13)20/h4-5,8-9H,3,6-7,10-12H2,1-2H3. The Morgan fingerprint density at radius 2 is 1.74 bits per heavy atom. The minimum absolute atomic E-state index is 0.130. The third kappa shape index (κ3) is 2.96. The number of fused-ring (bicyclic) bond motifs is 1. The van der Waals surface area contributed by atoms with Crippen LogP contribution in [0.4, 0.5) is 5.95 Å². The summed E-state index contributed by atoms with van der Waals surface area (Å²) in [5.74, 6) is 0.743. The average molecular weight is 388 g/mol. The minimum atomic E-state index is -0.393. The molecule has 0 spiro atoms. The summed E-state index contributed by atoms with van der Waals surface area (Å²) in [6.45, 7) is 1.96. The van der Waals surface area contributed by atoms with Crippen LogP contribution in [0.5, 0.6) is 0 Å². The molecule has 1 fully saturated rings. The molecule has 0 radical (unpaired) electrons. The molecule has 0 saturated carbocycles. The molecule has 142 valence electrons. The highest BCUT2D eigenvalue weighted by Gasteiger charge is 2.22. The summed E-state index contributed by atoms with van der Waals surface area (Å²) in [5, 5.41) is 0.533. The van der Waals surface area contributed by atoms with Crippen molar-refractivity contribution in [1.29, 1.82) is 0 Å². The van der Waals surface area contributed by atoms with Gasteiger partial charge in [-0.2, -0.15) is 4.98 Å². The number of rotatable bonds is 3. The van der Waals surface area contributed by atoms with Crippen LogP contribution in [-0.2, 0) is 20.6 Å². The van der Waals surface area contributed by atoms with E-state index in [1.807, 2.05) is 29.8 Å². The Labute approximate surface area is 161 Å². The van der Waals surface area contributed by atoms with Crippen LogP contribution in [0.3, 0.4) is 0 Å². The predicted octanol–water partition coefficient (Wildman–Crippen LogP) is 2.13. The molecule has 3 aromatic rings. The van der Waals surface area contributed by atoms with Gasteiger partial charge in [-0.15, -0.1) is 0 Å². The van der Waals surface area contributed by atoms with Crippen LogP contribution in [0, 0.1) is 0 Å². The number of imidazole rings is 1. The predicted molar refractivity (Wildman–Crippen MR) is 107 cm³/mol. The van der Waals surface area contributed by atoms with Gasteiger partial charge in [0.15, 0.2) is 11.2 Å². The van der Waals surface area contributed by atoms with Gasteiger partial charge in [0.05, 0.1) is 6.54 Å². The van der Waals surface area contributed by atoms with E-state index in [4.69, 9.17) is 11.6 Å². The van der Waals surface area contributed by atoms with Gasteiger partial charge in [-0.3, -0.25) is 13.9 Å². The Kier molecular flexibility index (Phi) is 4.55. The molecular weight excluding hydrogens is 366 g/mol. The van der Waals surface area contributed by atoms with Gasteiger partial charge in [-0.05, 0) is 30.9 Å². The Bertz CT molecular complexity index is 1120. The lowest BCUT2D eigenvalue weighted by Gasteiger charge is -2.27. The van der Waals surface area contributed by atoms with Crippen molar-refractivity contribution >= 4 is 28.7 Å². The maximum Gasteiger partial charge on any atom is 0.332 e. The van der Waals surface area contributed by atoms with E-state index in [0.717, 1.165) is 37.4 Å². The highest BCUT2D eigenvalue weighted by atomic mass is 35.5. The van der Waals surface area contributed by atoms with Crippen molar-refractivity contribution < 1.29 is 0 Å². The number of hydrogen-bond donors (Lipinski definition) is 0. The number of halogens is 1. The first kappa shape index (κ1) is 17.9. The molecule has 27 heavy (non-hydrogen) atoms. The molecule has 4 rings (SSSR count). The van der Waals surface area contributed by atoms with Crippen LogP contribution < -0.4 is 16.1 Å². The van der Waals surface area contributed by atoms with Gasteiger partial charge in [-0.25, -0.2) is 4.79 Å². The summed E-state index contributed by atoms with van der Waals surface area (Å²) in [6, 6.07) is 7.24. The number of hydrogen-bond acceptors (Lipinski definition) is 4. The van der Waals surface area contributed by atoms with E-state index in [1.54, 1.807) is 13.1 Å². The summed E-state index contributed by atoms with van der Waals surface area (Å²) in [7, 11) is 3.49. The Balaban J connectivity index is 1.89. The molecule has 1 aliphatic rings. The molecule has 3 heterocycles. The zero-order valence-electron chi connectivity index (χ0n) is 15.5. The normalized spacial score (nSPS) is 14.9. The fourth-order valence-corrected chi connectivity index (χ4v) is 3.94. The van der Waals surface area contributed by atoms with Gasteiger partial charge in [-0.1, -0.05) is 29.8 Å². The molecule has 0 N–H and O–H groups in total. The van der Waals surface area contributed by atoms with Gasteiger partial charge >= 0.3 is 5.69 Å². The SMILES string of the molecule is Cn1c(N2CCCCC2)nc2c1c(=O)n(Cc1ccccc1Cl)c(=O)n2C. The number of anilines is 1. The average Bonchev–Trinajstić information content (AvgIpc) is 3.03. The first-order valence-electron chi connectivity index (χ1n) is 9.13. The number of aryl methyl sites for hydroxylation is 2. The van der Waals surface area contributed by atoms with Gasteiger partial charge in [0.1, 0.15) is 0 Å². The zero-order valence-corrected chi connectivity index (χ0v) is 16.2. The van der Waals surface area contributed by atoms with Crippen molar-refractivity contribution in [3.8, 4) is 0 Å². The molecule has 0 bridgehead atoms. The number of piperidine rings is 1. The van der Waals surface area contributed by atoms with Crippen LogP contribution in [0.15, 0.2) is 33.9 Å². The maximum absolute atomic E-state index is 13.2. The molecule has 8 heteroatoms. The molecule has 0 atom stereocenters. The van der Waals surface area contributed by atoms with Crippen LogP contribution >= 0.6 is 11.6 Å². The second-order valence-corrected chi connectivity index (χ2v) is 7.42. The van der Waals surface area contributed by atoms with Crippen molar-refractivity contribution in [2.24, 2.45) is 14.1 Å². The summed E-state index contributed by atoms with van der Waals surface area (Å²) in [6.07, 6.45) is 3.43. The second kappa shape index (κ2) is 6.88. The Hall–Kier alpha value is -2.54. The zero-order chi connectivity index (χ0) is 19.1. The third-order valence-corrected chi connectivity index (χ3v) is 5.63. The minimum Gasteiger partial charge on any atom is -0.342 e. The Morgan fingerprint density at radius 3 is 2.44 bits per heavy atom. The lowest BCUT2D eigenvalue weighted by molar-refractivity contribution is 0.563. The lowest BCUT2D eigenvalue weighted by Crippen LogP contribution is -2.40. The molecule has 2 aromatic heterocycles. The molecule has 0 aliphatic carbocycles. The van der Waals surface area contributed by atoms with Gasteiger partial charge in [0.2, 0.25) is 5.95 Å². The van der Waals surface area contributed by atoms with Crippen molar-refractivity contribution in [1.82, 2.24) is 18.7 Å². The van der Waals surface area contributed by atoms with E-state index in [0.29, 0.717) is 16.2 Å². The maximum atomic E-state index is 13.2. The molecule has 1 aliphatic heterocycles. The molecule has 0 amide bonds. The van der Waals surface area contributed by atoms with Gasteiger partial charge in [0, 0.05) is 32.2 Å². The summed E-state index contributed by atoms with van der Waals surface area (Å²) >= 11 is 6.23. The summed E-state index contributed by atoms with van der Waals surface area (Å²) < 4.78 is 4.48. The van der Waals surface area contributed by atoms with Crippen LogP contribution in [-0.4, -0.2) is 31.8 Å². The van der Waals surface area contributed by atoms with E-state index in [1.165, 1.54) is 15.6 Å². The van der Waals surface area contributed by atoms with E-state index < -0.39 is 5.69 Å². The van der Waals surface area contributed by atoms with E-state index >= 15 is 0 Å².